The topological polar surface area (TPSA) is 135 Å². The van der Waals surface area contributed by atoms with E-state index in [0.29, 0.717) is 0 Å². The van der Waals surface area contributed by atoms with Crippen LogP contribution in [-0.2, 0) is 25.6 Å². The molecule has 0 aliphatic carbocycles. The molecule has 0 radical (unpaired) electrons. The minimum absolute atomic E-state index is 0.0634. The van der Waals surface area contributed by atoms with Gasteiger partial charge in [-0.05, 0) is 26.3 Å². The van der Waals surface area contributed by atoms with Crippen molar-refractivity contribution in [3.05, 3.63) is 35.9 Å². The molecule has 5 atom stereocenters. The molecular weight excluding hydrogens is 370 g/mol. The number of amides is 1. The Morgan fingerprint density at radius 3 is 2.32 bits per heavy atom. The first-order chi connectivity index (χ1) is 13.1. The van der Waals surface area contributed by atoms with Crippen molar-refractivity contribution in [2.75, 3.05) is 6.54 Å². The zero-order chi connectivity index (χ0) is 20.9. The zero-order valence-corrected chi connectivity index (χ0v) is 16.1. The molecule has 1 aliphatic heterocycles. The molecule has 0 spiro atoms. The summed E-state index contributed by atoms with van der Waals surface area (Å²) in [7, 11) is 0. The Bertz CT molecular complexity index is 660. The third kappa shape index (κ3) is 5.90. The quantitative estimate of drug-likeness (QED) is 0.522. The van der Waals surface area contributed by atoms with Gasteiger partial charge < -0.3 is 34.8 Å². The Balaban J connectivity index is 1.88. The number of alkyl carbamates (subject to hydrolysis) is 1. The molecule has 1 aromatic rings. The number of hydrogen-bond acceptors (Lipinski definition) is 8. The smallest absolute Gasteiger partial charge is 0.407 e. The molecule has 4 N–H and O–H groups in total. The third-order valence-corrected chi connectivity index (χ3v) is 4.16. The number of carbonyl (C=O) groups is 2. The lowest BCUT2D eigenvalue weighted by Crippen LogP contribution is -2.61. The van der Waals surface area contributed by atoms with E-state index in [1.807, 2.05) is 18.2 Å². The molecule has 0 aromatic heterocycles. The average Bonchev–Trinajstić information content (AvgIpc) is 2.65. The lowest BCUT2D eigenvalue weighted by molar-refractivity contribution is -0.289. The second-order valence-electron chi connectivity index (χ2n) is 7.61. The van der Waals surface area contributed by atoms with E-state index in [4.69, 9.17) is 14.2 Å². The third-order valence-electron chi connectivity index (χ3n) is 4.16. The first-order valence-corrected chi connectivity index (χ1v) is 8.95. The summed E-state index contributed by atoms with van der Waals surface area (Å²) in [6.45, 7) is 4.71. The lowest BCUT2D eigenvalue weighted by Gasteiger charge is -2.40. The minimum atomic E-state index is -1.62. The van der Waals surface area contributed by atoms with Gasteiger partial charge in [0.1, 0.15) is 31.0 Å². The first kappa shape index (κ1) is 22.1. The van der Waals surface area contributed by atoms with Gasteiger partial charge >= 0.3 is 12.1 Å². The van der Waals surface area contributed by atoms with Gasteiger partial charge in [0.25, 0.3) is 0 Å². The molecule has 28 heavy (non-hydrogen) atoms. The fourth-order valence-electron chi connectivity index (χ4n) is 2.42. The normalized spacial score (nSPS) is 27.7. The number of aliphatic hydroxyl groups excluding tert-OH is 3. The van der Waals surface area contributed by atoms with E-state index >= 15 is 0 Å². The number of benzene rings is 1. The summed E-state index contributed by atoms with van der Waals surface area (Å²) < 4.78 is 15.5. The number of nitrogens with one attached hydrogen (secondary N) is 1. The van der Waals surface area contributed by atoms with Gasteiger partial charge in [-0.3, -0.25) is 4.79 Å². The van der Waals surface area contributed by atoms with E-state index in [1.165, 1.54) is 0 Å². The number of carbonyl (C=O) groups excluding carboxylic acids is 2. The molecule has 1 heterocycles. The number of aliphatic hydroxyl groups is 3. The Morgan fingerprint density at radius 2 is 1.71 bits per heavy atom. The largest absolute Gasteiger partial charge is 0.445 e. The summed E-state index contributed by atoms with van der Waals surface area (Å²) in [5.74, 6) is -0.644. The fraction of sp³-hybridized carbons (Fsp3) is 0.579. The molecule has 3 unspecified atom stereocenters. The monoisotopic (exact) mass is 397 g/mol. The SMILES string of the molecule is CC(C)(C)C(=O)O[C@H]1O[C@H](CNC(=O)OCc2ccccc2)C(O)C(O)C1O. The van der Waals surface area contributed by atoms with Crippen LogP contribution in [-0.4, -0.2) is 64.6 Å². The summed E-state index contributed by atoms with van der Waals surface area (Å²) in [5, 5.41) is 32.5. The highest BCUT2D eigenvalue weighted by Crippen LogP contribution is 2.25. The molecule has 0 bridgehead atoms. The van der Waals surface area contributed by atoms with Gasteiger partial charge in [-0.15, -0.1) is 0 Å². The van der Waals surface area contributed by atoms with Crippen LogP contribution >= 0.6 is 0 Å². The summed E-state index contributed by atoms with van der Waals surface area (Å²) in [6.07, 6.45) is -8.06. The highest BCUT2D eigenvalue weighted by atomic mass is 16.7. The van der Waals surface area contributed by atoms with Crippen molar-refractivity contribution in [3.63, 3.8) is 0 Å². The number of ether oxygens (including phenoxy) is 3. The molecule has 1 aliphatic rings. The highest BCUT2D eigenvalue weighted by Gasteiger charge is 2.46. The molecule has 9 heteroatoms. The molecule has 1 aromatic carbocycles. The van der Waals surface area contributed by atoms with Crippen molar-refractivity contribution in [1.29, 1.82) is 0 Å². The van der Waals surface area contributed by atoms with Crippen LogP contribution in [0.4, 0.5) is 4.79 Å². The molecule has 9 nitrogen and oxygen atoms in total. The molecule has 156 valence electrons. The van der Waals surface area contributed by atoms with E-state index < -0.39 is 48.2 Å². The van der Waals surface area contributed by atoms with Crippen molar-refractivity contribution in [1.82, 2.24) is 5.32 Å². The first-order valence-electron chi connectivity index (χ1n) is 8.95. The van der Waals surface area contributed by atoms with Gasteiger partial charge in [-0.25, -0.2) is 4.79 Å². The second-order valence-corrected chi connectivity index (χ2v) is 7.61. The van der Waals surface area contributed by atoms with Crippen LogP contribution in [0.25, 0.3) is 0 Å². The van der Waals surface area contributed by atoms with Crippen LogP contribution < -0.4 is 5.32 Å². The number of esters is 1. The van der Waals surface area contributed by atoms with Crippen molar-refractivity contribution in [2.24, 2.45) is 5.41 Å². The van der Waals surface area contributed by atoms with Crippen LogP contribution in [0.2, 0.25) is 0 Å². The molecular formula is C19H27NO8. The number of hydrogen-bond donors (Lipinski definition) is 4. The summed E-state index contributed by atoms with van der Waals surface area (Å²) in [6, 6.07) is 9.07. The fourth-order valence-corrected chi connectivity index (χ4v) is 2.42. The molecule has 1 saturated heterocycles. The predicted molar refractivity (Wildman–Crippen MR) is 96.9 cm³/mol. The molecule has 2 rings (SSSR count). The number of rotatable bonds is 5. The van der Waals surface area contributed by atoms with Crippen LogP contribution in [0.15, 0.2) is 30.3 Å². The summed E-state index contributed by atoms with van der Waals surface area (Å²) in [5.41, 5.74) is -0.0432. The highest BCUT2D eigenvalue weighted by molar-refractivity contribution is 5.75. The molecule has 0 saturated carbocycles. The Hall–Kier alpha value is -2.20. The van der Waals surface area contributed by atoms with Crippen LogP contribution in [0, 0.1) is 5.41 Å². The van der Waals surface area contributed by atoms with Crippen molar-refractivity contribution in [2.45, 2.75) is 58.1 Å². The van der Waals surface area contributed by atoms with Gasteiger partial charge in [-0.2, -0.15) is 0 Å². The van der Waals surface area contributed by atoms with E-state index in [1.54, 1.807) is 32.9 Å². The molecule has 1 amide bonds. The summed E-state index contributed by atoms with van der Waals surface area (Å²) >= 11 is 0. The van der Waals surface area contributed by atoms with Gasteiger partial charge in [0, 0.05) is 6.54 Å². The van der Waals surface area contributed by atoms with Crippen LogP contribution in [0.1, 0.15) is 26.3 Å². The summed E-state index contributed by atoms with van der Waals surface area (Å²) in [4.78, 5) is 23.8. The maximum atomic E-state index is 12.0. The van der Waals surface area contributed by atoms with E-state index in [9.17, 15) is 24.9 Å². The van der Waals surface area contributed by atoms with E-state index in [0.717, 1.165) is 5.56 Å². The lowest BCUT2D eigenvalue weighted by atomic mass is 9.96. The Morgan fingerprint density at radius 1 is 1.07 bits per heavy atom. The van der Waals surface area contributed by atoms with E-state index in [-0.39, 0.29) is 13.2 Å². The van der Waals surface area contributed by atoms with Crippen LogP contribution in [0.5, 0.6) is 0 Å². The maximum absolute atomic E-state index is 12.0. The standard InChI is InChI=1S/C19H27NO8/c1-19(2,3)17(24)28-16-15(23)14(22)13(21)12(27-16)9-20-18(25)26-10-11-7-5-4-6-8-11/h4-8,12-16,21-23H,9-10H2,1-3H3,(H,20,25)/t12-,13?,14?,15?,16-/m1/s1. The maximum Gasteiger partial charge on any atom is 0.407 e. The Kier molecular flexibility index (Phi) is 7.36. The predicted octanol–water partition coefficient (Wildman–Crippen LogP) is 0.310. The van der Waals surface area contributed by atoms with Gasteiger partial charge in [-0.1, -0.05) is 30.3 Å². The average molecular weight is 397 g/mol. The van der Waals surface area contributed by atoms with Gasteiger partial charge in [0.15, 0.2) is 0 Å². The zero-order valence-electron chi connectivity index (χ0n) is 16.1. The minimum Gasteiger partial charge on any atom is -0.445 e. The van der Waals surface area contributed by atoms with Gasteiger partial charge in [0.05, 0.1) is 5.41 Å². The van der Waals surface area contributed by atoms with Crippen LogP contribution in [0.3, 0.4) is 0 Å². The van der Waals surface area contributed by atoms with Gasteiger partial charge in [0.2, 0.25) is 6.29 Å². The van der Waals surface area contributed by atoms with Crippen molar-refractivity contribution >= 4 is 12.1 Å². The van der Waals surface area contributed by atoms with E-state index in [2.05, 4.69) is 5.32 Å². The molecule has 1 fully saturated rings. The van der Waals surface area contributed by atoms with Crippen molar-refractivity contribution < 1.29 is 39.1 Å². The van der Waals surface area contributed by atoms with Crippen molar-refractivity contribution in [3.8, 4) is 0 Å². The Labute approximate surface area is 163 Å². The second kappa shape index (κ2) is 9.33.